The molecule has 0 radical (unpaired) electrons. The summed E-state index contributed by atoms with van der Waals surface area (Å²) in [4.78, 5) is 11.8. The Hall–Kier alpha value is -3.74. The zero-order chi connectivity index (χ0) is 25.5. The fourth-order valence-electron chi connectivity index (χ4n) is 4.52. The van der Waals surface area contributed by atoms with Crippen molar-refractivity contribution in [2.75, 3.05) is 7.11 Å². The number of hydrogen-bond acceptors (Lipinski definition) is 5. The van der Waals surface area contributed by atoms with E-state index in [0.29, 0.717) is 38.5 Å². The van der Waals surface area contributed by atoms with Crippen molar-refractivity contribution in [3.8, 4) is 22.7 Å². The number of methoxy groups -OCH3 is 1. The minimum Gasteiger partial charge on any atom is -0.489 e. The molecule has 1 fully saturated rings. The van der Waals surface area contributed by atoms with Crippen LogP contribution >= 0.6 is 23.2 Å². The second-order valence-corrected chi connectivity index (χ2v) is 9.79. The van der Waals surface area contributed by atoms with Crippen LogP contribution in [0.15, 0.2) is 77.4 Å². The molecule has 1 saturated carbocycles. The van der Waals surface area contributed by atoms with E-state index in [1.807, 2.05) is 48.7 Å². The van der Waals surface area contributed by atoms with Gasteiger partial charge in [0.15, 0.2) is 0 Å². The summed E-state index contributed by atoms with van der Waals surface area (Å²) in [6, 6.07) is 20.7. The van der Waals surface area contributed by atoms with E-state index in [-0.39, 0.29) is 12.6 Å². The van der Waals surface area contributed by atoms with E-state index in [4.69, 9.17) is 37.2 Å². The molecule has 2 heterocycles. The topological polar surface area (TPSA) is 66.5 Å². The lowest BCUT2D eigenvalue weighted by Crippen LogP contribution is -2.01. The molecular weight excluding hydrogens is 511 g/mol. The fraction of sp³-hybridized carbons (Fsp3) is 0.172. The van der Waals surface area contributed by atoms with Gasteiger partial charge in [0.25, 0.3) is 0 Å². The predicted molar refractivity (Wildman–Crippen MR) is 143 cm³/mol. The Morgan fingerprint density at radius 3 is 2.51 bits per heavy atom. The molecule has 37 heavy (non-hydrogen) atoms. The van der Waals surface area contributed by atoms with Crippen LogP contribution in [-0.2, 0) is 11.3 Å². The van der Waals surface area contributed by atoms with Crippen molar-refractivity contribution in [1.29, 1.82) is 0 Å². The summed E-state index contributed by atoms with van der Waals surface area (Å²) >= 11 is 12.9. The molecule has 0 N–H and O–H groups in total. The zero-order valence-corrected chi connectivity index (χ0v) is 21.4. The smallest absolute Gasteiger partial charge is 0.337 e. The van der Waals surface area contributed by atoms with E-state index in [2.05, 4.69) is 9.72 Å². The van der Waals surface area contributed by atoms with E-state index < -0.39 is 0 Å². The summed E-state index contributed by atoms with van der Waals surface area (Å²) in [5, 5.41) is 6.32. The second-order valence-electron chi connectivity index (χ2n) is 8.98. The van der Waals surface area contributed by atoms with Gasteiger partial charge < -0.3 is 18.6 Å². The number of halogens is 2. The quantitative estimate of drug-likeness (QED) is 0.200. The molecular formula is C29H22Cl2N2O4. The summed E-state index contributed by atoms with van der Waals surface area (Å²) in [6.45, 7) is 0.286. The van der Waals surface area contributed by atoms with Crippen molar-refractivity contribution in [2.24, 2.45) is 0 Å². The summed E-state index contributed by atoms with van der Waals surface area (Å²) in [6.07, 6.45) is 4.11. The summed E-state index contributed by atoms with van der Waals surface area (Å²) in [5.74, 6) is 1.55. The molecule has 0 amide bonds. The number of benzene rings is 3. The maximum atomic E-state index is 11.8. The first-order valence-corrected chi connectivity index (χ1v) is 12.6. The number of hydrogen-bond donors (Lipinski definition) is 0. The third kappa shape index (κ3) is 4.47. The van der Waals surface area contributed by atoms with E-state index in [1.165, 1.54) is 7.11 Å². The Bertz CT molecular complexity index is 1600. The molecule has 6 nitrogen and oxygen atoms in total. The van der Waals surface area contributed by atoms with Gasteiger partial charge in [0.2, 0.25) is 0 Å². The van der Waals surface area contributed by atoms with Crippen LogP contribution in [0.5, 0.6) is 5.75 Å². The number of ether oxygens (including phenoxy) is 2. The summed E-state index contributed by atoms with van der Waals surface area (Å²) in [5.41, 5.74) is 4.64. The molecule has 6 rings (SSSR count). The highest BCUT2D eigenvalue weighted by atomic mass is 35.5. The van der Waals surface area contributed by atoms with Gasteiger partial charge in [-0.1, -0.05) is 34.4 Å². The predicted octanol–water partition coefficient (Wildman–Crippen LogP) is 7.84. The SMILES string of the molecule is COC(=O)c1ccc2c(ccn2-c2ccc(OCc3c(-c4c(Cl)cccc4Cl)noc3C3CC3)cc2)c1. The van der Waals surface area contributed by atoms with E-state index >= 15 is 0 Å². The van der Waals surface area contributed by atoms with Gasteiger partial charge in [-0.05, 0) is 73.5 Å². The molecule has 186 valence electrons. The van der Waals surface area contributed by atoms with Gasteiger partial charge in [-0.2, -0.15) is 0 Å². The highest BCUT2D eigenvalue weighted by Gasteiger charge is 2.33. The Morgan fingerprint density at radius 1 is 1.05 bits per heavy atom. The number of fused-ring (bicyclic) bond motifs is 1. The van der Waals surface area contributed by atoms with Gasteiger partial charge in [0.1, 0.15) is 23.8 Å². The van der Waals surface area contributed by atoms with Crippen LogP contribution in [0.3, 0.4) is 0 Å². The number of aromatic nitrogens is 2. The van der Waals surface area contributed by atoms with Crippen LogP contribution in [0.1, 0.15) is 40.4 Å². The number of nitrogens with zero attached hydrogens (tertiary/aromatic N) is 2. The molecule has 0 aliphatic heterocycles. The molecule has 0 saturated heterocycles. The molecule has 2 aromatic heterocycles. The summed E-state index contributed by atoms with van der Waals surface area (Å²) < 4.78 is 18.8. The van der Waals surface area contributed by atoms with Crippen molar-refractivity contribution >= 4 is 40.1 Å². The van der Waals surface area contributed by atoms with Crippen LogP contribution < -0.4 is 4.74 Å². The van der Waals surface area contributed by atoms with Crippen LogP contribution in [0.4, 0.5) is 0 Å². The van der Waals surface area contributed by atoms with Crippen molar-refractivity contribution in [3.05, 3.63) is 99.9 Å². The van der Waals surface area contributed by atoms with Crippen molar-refractivity contribution in [2.45, 2.75) is 25.4 Å². The third-order valence-corrected chi connectivity index (χ3v) is 7.21. The lowest BCUT2D eigenvalue weighted by Gasteiger charge is -2.11. The molecule has 5 aromatic rings. The molecule has 0 spiro atoms. The Morgan fingerprint density at radius 2 is 1.81 bits per heavy atom. The minimum absolute atomic E-state index is 0.286. The van der Waals surface area contributed by atoms with Crippen LogP contribution in [0.2, 0.25) is 10.0 Å². The Kier molecular flexibility index (Phi) is 6.14. The summed E-state index contributed by atoms with van der Waals surface area (Å²) in [7, 11) is 1.38. The Balaban J connectivity index is 1.25. The van der Waals surface area contributed by atoms with Gasteiger partial charge in [0.05, 0.1) is 33.8 Å². The number of carbonyl (C=O) groups excluding carboxylic acids is 1. The standard InChI is InChI=1S/C29H22Cl2N2O4/c1-35-29(34)19-7-12-25-18(15-19)13-14-33(25)20-8-10-21(11-9-20)36-16-22-27(32-37-28(22)17-5-6-17)26-23(30)3-2-4-24(26)31/h2-4,7-15,17H,5-6,16H2,1H3. The Labute approximate surface area is 223 Å². The molecule has 1 aliphatic rings. The highest BCUT2D eigenvalue weighted by molar-refractivity contribution is 6.39. The van der Waals surface area contributed by atoms with E-state index in [0.717, 1.165) is 40.8 Å². The largest absolute Gasteiger partial charge is 0.489 e. The average Bonchev–Trinajstić information content (AvgIpc) is 3.54. The maximum absolute atomic E-state index is 11.8. The zero-order valence-electron chi connectivity index (χ0n) is 19.9. The number of esters is 1. The number of carbonyl (C=O) groups is 1. The van der Waals surface area contributed by atoms with Gasteiger partial charge in [-0.15, -0.1) is 0 Å². The molecule has 3 aromatic carbocycles. The third-order valence-electron chi connectivity index (χ3n) is 6.58. The first-order chi connectivity index (χ1) is 18.0. The van der Waals surface area contributed by atoms with Crippen molar-refractivity contribution < 1.29 is 18.8 Å². The second kappa shape index (κ2) is 9.61. The molecule has 0 unspecified atom stereocenters. The monoisotopic (exact) mass is 532 g/mol. The fourth-order valence-corrected chi connectivity index (χ4v) is 5.10. The minimum atomic E-state index is -0.353. The molecule has 0 bridgehead atoms. The van der Waals surface area contributed by atoms with E-state index in [1.54, 1.807) is 24.3 Å². The molecule has 1 aliphatic carbocycles. The van der Waals surface area contributed by atoms with E-state index in [9.17, 15) is 4.79 Å². The normalized spacial score (nSPS) is 13.2. The van der Waals surface area contributed by atoms with Gasteiger partial charge in [-0.25, -0.2) is 4.79 Å². The first kappa shape index (κ1) is 23.6. The highest BCUT2D eigenvalue weighted by Crippen LogP contribution is 2.46. The van der Waals surface area contributed by atoms with Gasteiger partial charge in [0, 0.05) is 28.8 Å². The average molecular weight is 533 g/mol. The van der Waals surface area contributed by atoms with Crippen LogP contribution in [0.25, 0.3) is 27.8 Å². The molecule has 0 atom stereocenters. The first-order valence-electron chi connectivity index (χ1n) is 11.9. The van der Waals surface area contributed by atoms with Gasteiger partial charge in [-0.3, -0.25) is 0 Å². The lowest BCUT2D eigenvalue weighted by molar-refractivity contribution is 0.0601. The van der Waals surface area contributed by atoms with Crippen molar-refractivity contribution in [3.63, 3.8) is 0 Å². The van der Waals surface area contributed by atoms with Crippen LogP contribution in [-0.4, -0.2) is 22.8 Å². The number of rotatable bonds is 7. The maximum Gasteiger partial charge on any atom is 0.337 e. The lowest BCUT2D eigenvalue weighted by atomic mass is 10.0. The van der Waals surface area contributed by atoms with Crippen LogP contribution in [0, 0.1) is 0 Å². The molecule has 8 heteroatoms. The van der Waals surface area contributed by atoms with Crippen molar-refractivity contribution in [1.82, 2.24) is 9.72 Å². The van der Waals surface area contributed by atoms with Gasteiger partial charge >= 0.3 is 5.97 Å².